The van der Waals surface area contributed by atoms with Crippen molar-refractivity contribution in [3.05, 3.63) is 52.8 Å². The van der Waals surface area contributed by atoms with Crippen LogP contribution in [0.25, 0.3) is 0 Å². The SMILES string of the molecule is CN1CCc2c(cc(O)c(O)c2F)C(c2ccc(O)cc2)C1. The Bertz CT molecular complexity index is 700. The van der Waals surface area contributed by atoms with Crippen molar-refractivity contribution in [1.82, 2.24) is 4.90 Å². The molecule has 1 aliphatic heterocycles. The molecule has 1 unspecified atom stereocenters. The number of hydrogen-bond acceptors (Lipinski definition) is 4. The minimum absolute atomic E-state index is 0.135. The van der Waals surface area contributed by atoms with Gasteiger partial charge >= 0.3 is 0 Å². The van der Waals surface area contributed by atoms with Gasteiger partial charge in [-0.15, -0.1) is 0 Å². The first-order chi connectivity index (χ1) is 10.5. The molecule has 3 rings (SSSR count). The number of likely N-dealkylation sites (N-methyl/N-ethyl adjacent to an activating group) is 1. The summed E-state index contributed by atoms with van der Waals surface area (Å²) in [6.45, 7) is 1.34. The Hall–Kier alpha value is -2.27. The fourth-order valence-electron chi connectivity index (χ4n) is 3.05. The van der Waals surface area contributed by atoms with Crippen molar-refractivity contribution in [2.75, 3.05) is 20.1 Å². The average molecular weight is 303 g/mol. The summed E-state index contributed by atoms with van der Waals surface area (Å²) in [5.41, 5.74) is 2.05. The van der Waals surface area contributed by atoms with E-state index in [2.05, 4.69) is 4.90 Å². The quantitative estimate of drug-likeness (QED) is 0.709. The van der Waals surface area contributed by atoms with Gasteiger partial charge in [0, 0.05) is 19.0 Å². The summed E-state index contributed by atoms with van der Waals surface area (Å²) in [7, 11) is 1.96. The summed E-state index contributed by atoms with van der Waals surface area (Å²) in [6, 6.07) is 8.23. The first-order valence-electron chi connectivity index (χ1n) is 7.18. The van der Waals surface area contributed by atoms with E-state index in [0.717, 1.165) is 5.56 Å². The third-order valence-corrected chi connectivity index (χ3v) is 4.26. The van der Waals surface area contributed by atoms with Crippen LogP contribution in [0.2, 0.25) is 0 Å². The summed E-state index contributed by atoms with van der Waals surface area (Å²) in [6.07, 6.45) is 0.472. The van der Waals surface area contributed by atoms with E-state index < -0.39 is 17.3 Å². The van der Waals surface area contributed by atoms with Crippen molar-refractivity contribution in [2.45, 2.75) is 12.3 Å². The Morgan fingerprint density at radius 2 is 1.82 bits per heavy atom. The number of aromatic hydroxyl groups is 3. The van der Waals surface area contributed by atoms with E-state index in [9.17, 15) is 19.7 Å². The van der Waals surface area contributed by atoms with Gasteiger partial charge in [0.05, 0.1) is 0 Å². The minimum Gasteiger partial charge on any atom is -0.508 e. The predicted octanol–water partition coefficient (Wildman–Crippen LogP) is 2.56. The van der Waals surface area contributed by atoms with Crippen LogP contribution >= 0.6 is 0 Å². The average Bonchev–Trinajstić information content (AvgIpc) is 2.65. The molecule has 22 heavy (non-hydrogen) atoms. The van der Waals surface area contributed by atoms with Gasteiger partial charge in [-0.2, -0.15) is 0 Å². The van der Waals surface area contributed by atoms with Crippen LogP contribution in [0.3, 0.4) is 0 Å². The van der Waals surface area contributed by atoms with Gasteiger partial charge in [-0.25, -0.2) is 4.39 Å². The van der Waals surface area contributed by atoms with Crippen LogP contribution in [0, 0.1) is 5.82 Å². The first-order valence-corrected chi connectivity index (χ1v) is 7.18. The van der Waals surface area contributed by atoms with Crippen molar-refractivity contribution in [1.29, 1.82) is 0 Å². The van der Waals surface area contributed by atoms with E-state index in [-0.39, 0.29) is 11.7 Å². The highest BCUT2D eigenvalue weighted by atomic mass is 19.1. The lowest BCUT2D eigenvalue weighted by molar-refractivity contribution is 0.337. The normalized spacial score (nSPS) is 18.7. The number of benzene rings is 2. The second-order valence-corrected chi connectivity index (χ2v) is 5.78. The fraction of sp³-hybridized carbons (Fsp3) is 0.294. The maximum absolute atomic E-state index is 14.3. The highest BCUT2D eigenvalue weighted by molar-refractivity contribution is 5.51. The van der Waals surface area contributed by atoms with Crippen molar-refractivity contribution in [2.24, 2.45) is 0 Å². The second kappa shape index (κ2) is 5.50. The first kappa shape index (κ1) is 14.7. The summed E-state index contributed by atoms with van der Waals surface area (Å²) >= 11 is 0. The number of fused-ring (bicyclic) bond motifs is 1. The standard InChI is InChI=1S/C17H18FNO3/c1-19-7-6-12-13(8-15(21)17(22)16(12)18)14(9-19)10-2-4-11(20)5-3-10/h2-5,8,14,20-22H,6-7,9H2,1H3. The molecule has 1 aliphatic rings. The number of nitrogens with zero attached hydrogens (tertiary/aromatic N) is 1. The summed E-state index contributed by atoms with van der Waals surface area (Å²) in [4.78, 5) is 2.09. The van der Waals surface area contributed by atoms with E-state index >= 15 is 0 Å². The van der Waals surface area contributed by atoms with Crippen molar-refractivity contribution in [3.8, 4) is 17.2 Å². The highest BCUT2D eigenvalue weighted by Crippen LogP contribution is 2.40. The number of phenolic OH excluding ortho intramolecular Hbond substituents is 3. The van der Waals surface area contributed by atoms with Gasteiger partial charge < -0.3 is 20.2 Å². The molecule has 0 aromatic heterocycles. The van der Waals surface area contributed by atoms with Gasteiger partial charge in [0.2, 0.25) is 0 Å². The Labute approximate surface area is 128 Å². The zero-order chi connectivity index (χ0) is 15.9. The maximum Gasteiger partial charge on any atom is 0.194 e. The Morgan fingerprint density at radius 1 is 1.14 bits per heavy atom. The van der Waals surface area contributed by atoms with Crippen LogP contribution in [0.15, 0.2) is 30.3 Å². The number of hydrogen-bond donors (Lipinski definition) is 3. The maximum atomic E-state index is 14.3. The van der Waals surface area contributed by atoms with Gasteiger partial charge in [-0.3, -0.25) is 0 Å². The minimum atomic E-state index is -0.742. The lowest BCUT2D eigenvalue weighted by Gasteiger charge is -2.22. The van der Waals surface area contributed by atoms with Crippen LogP contribution in [-0.4, -0.2) is 40.4 Å². The van der Waals surface area contributed by atoms with Crippen LogP contribution in [-0.2, 0) is 6.42 Å². The van der Waals surface area contributed by atoms with E-state index in [4.69, 9.17) is 0 Å². The van der Waals surface area contributed by atoms with Crippen LogP contribution < -0.4 is 0 Å². The Morgan fingerprint density at radius 3 is 2.50 bits per heavy atom. The lowest BCUT2D eigenvalue weighted by atomic mass is 9.87. The highest BCUT2D eigenvalue weighted by Gasteiger charge is 2.28. The fourth-order valence-corrected chi connectivity index (χ4v) is 3.05. The Balaban J connectivity index is 2.16. The topological polar surface area (TPSA) is 63.9 Å². The van der Waals surface area contributed by atoms with E-state index in [1.165, 1.54) is 6.07 Å². The molecular formula is C17H18FNO3. The summed E-state index contributed by atoms with van der Waals surface area (Å²) in [5, 5.41) is 28.9. The number of halogens is 1. The molecule has 0 fully saturated rings. The lowest BCUT2D eigenvalue weighted by Crippen LogP contribution is -2.24. The van der Waals surface area contributed by atoms with E-state index in [1.54, 1.807) is 24.3 Å². The number of phenols is 3. The molecular weight excluding hydrogens is 285 g/mol. The van der Waals surface area contributed by atoms with Crippen molar-refractivity contribution < 1.29 is 19.7 Å². The van der Waals surface area contributed by atoms with E-state index in [0.29, 0.717) is 30.6 Å². The molecule has 2 aromatic carbocycles. The van der Waals surface area contributed by atoms with Crippen LogP contribution in [0.4, 0.5) is 4.39 Å². The molecule has 0 amide bonds. The molecule has 0 bridgehead atoms. The van der Waals surface area contributed by atoms with Crippen LogP contribution in [0.5, 0.6) is 17.2 Å². The summed E-state index contributed by atoms with van der Waals surface area (Å²) < 4.78 is 14.3. The molecule has 5 heteroatoms. The predicted molar refractivity (Wildman–Crippen MR) is 80.9 cm³/mol. The van der Waals surface area contributed by atoms with E-state index in [1.807, 2.05) is 7.05 Å². The Kier molecular flexibility index (Phi) is 3.66. The number of rotatable bonds is 1. The van der Waals surface area contributed by atoms with Gasteiger partial charge in [-0.05, 0) is 48.4 Å². The largest absolute Gasteiger partial charge is 0.508 e. The molecule has 116 valence electrons. The zero-order valence-corrected chi connectivity index (χ0v) is 12.3. The molecule has 1 atom stereocenters. The summed E-state index contributed by atoms with van der Waals surface area (Å²) in [5.74, 6) is -1.83. The molecule has 4 nitrogen and oxygen atoms in total. The van der Waals surface area contributed by atoms with Crippen molar-refractivity contribution in [3.63, 3.8) is 0 Å². The zero-order valence-electron chi connectivity index (χ0n) is 12.3. The molecule has 3 N–H and O–H groups in total. The molecule has 2 aromatic rings. The molecule has 0 aliphatic carbocycles. The third kappa shape index (κ3) is 2.48. The molecule has 0 spiro atoms. The second-order valence-electron chi connectivity index (χ2n) is 5.78. The third-order valence-electron chi connectivity index (χ3n) is 4.26. The van der Waals surface area contributed by atoms with Gasteiger partial charge in [0.1, 0.15) is 5.75 Å². The van der Waals surface area contributed by atoms with Gasteiger partial charge in [0.25, 0.3) is 0 Å². The monoisotopic (exact) mass is 303 g/mol. The smallest absolute Gasteiger partial charge is 0.194 e. The molecule has 1 heterocycles. The van der Waals surface area contributed by atoms with Crippen LogP contribution in [0.1, 0.15) is 22.6 Å². The van der Waals surface area contributed by atoms with Crippen molar-refractivity contribution >= 4 is 0 Å². The molecule has 0 saturated carbocycles. The molecule has 0 radical (unpaired) electrons. The van der Waals surface area contributed by atoms with Gasteiger partial charge in [0.15, 0.2) is 17.3 Å². The molecule has 0 saturated heterocycles. The van der Waals surface area contributed by atoms with Gasteiger partial charge in [-0.1, -0.05) is 12.1 Å².